The van der Waals surface area contributed by atoms with Crippen molar-refractivity contribution < 1.29 is 9.53 Å². The van der Waals surface area contributed by atoms with Crippen molar-refractivity contribution in [3.63, 3.8) is 0 Å². The molecule has 0 spiro atoms. The molecule has 0 aliphatic rings. The maximum atomic E-state index is 11.5. The van der Waals surface area contributed by atoms with Gasteiger partial charge in [-0.3, -0.25) is 0 Å². The quantitative estimate of drug-likeness (QED) is 0.846. The number of esters is 1. The van der Waals surface area contributed by atoms with Crippen LogP contribution in [-0.2, 0) is 4.74 Å². The topological polar surface area (TPSA) is 67.9 Å². The Labute approximate surface area is 94.0 Å². The standard InChI is InChI=1S/C9H8BrN3O2/c1-2-15-9(14)5-3-11-8-7(5)13-6(10)4-12-8/h3-4H,2H2,1H3,(H,11,12). The van der Waals surface area contributed by atoms with Crippen molar-refractivity contribution >= 4 is 33.1 Å². The lowest BCUT2D eigenvalue weighted by atomic mass is 10.3. The Morgan fingerprint density at radius 1 is 1.67 bits per heavy atom. The van der Waals surface area contributed by atoms with Crippen LogP contribution >= 0.6 is 15.9 Å². The zero-order valence-electron chi connectivity index (χ0n) is 7.95. The highest BCUT2D eigenvalue weighted by Gasteiger charge is 2.14. The number of aromatic amines is 1. The highest BCUT2D eigenvalue weighted by atomic mass is 79.9. The van der Waals surface area contributed by atoms with E-state index in [0.717, 1.165) is 0 Å². The van der Waals surface area contributed by atoms with Gasteiger partial charge in [-0.1, -0.05) is 0 Å². The van der Waals surface area contributed by atoms with Crippen LogP contribution in [0.3, 0.4) is 0 Å². The predicted octanol–water partition coefficient (Wildman–Crippen LogP) is 1.90. The summed E-state index contributed by atoms with van der Waals surface area (Å²) in [6.45, 7) is 2.10. The molecule has 0 saturated heterocycles. The summed E-state index contributed by atoms with van der Waals surface area (Å²) in [4.78, 5) is 22.6. The van der Waals surface area contributed by atoms with Gasteiger partial charge in [-0.15, -0.1) is 0 Å². The minimum Gasteiger partial charge on any atom is -0.462 e. The monoisotopic (exact) mass is 269 g/mol. The zero-order valence-corrected chi connectivity index (χ0v) is 9.54. The summed E-state index contributed by atoms with van der Waals surface area (Å²) in [7, 11) is 0. The van der Waals surface area contributed by atoms with E-state index in [1.54, 1.807) is 19.3 Å². The number of hydrogen-bond donors (Lipinski definition) is 1. The third kappa shape index (κ3) is 1.85. The summed E-state index contributed by atoms with van der Waals surface area (Å²) < 4.78 is 5.48. The number of nitrogens with one attached hydrogen (secondary N) is 1. The summed E-state index contributed by atoms with van der Waals surface area (Å²) in [6, 6.07) is 0. The second-order valence-electron chi connectivity index (χ2n) is 2.81. The molecule has 2 aromatic rings. The number of aromatic nitrogens is 3. The third-order valence-electron chi connectivity index (χ3n) is 1.85. The molecule has 0 bridgehead atoms. The van der Waals surface area contributed by atoms with Crippen molar-refractivity contribution in [3.05, 3.63) is 22.6 Å². The molecular weight excluding hydrogens is 262 g/mol. The molecule has 78 valence electrons. The lowest BCUT2D eigenvalue weighted by Crippen LogP contribution is -2.04. The molecule has 0 amide bonds. The molecule has 0 saturated carbocycles. The fourth-order valence-corrected chi connectivity index (χ4v) is 1.51. The van der Waals surface area contributed by atoms with Gasteiger partial charge in [0.25, 0.3) is 0 Å². The number of nitrogens with zero attached hydrogens (tertiary/aromatic N) is 2. The Balaban J connectivity index is 2.52. The number of fused-ring (bicyclic) bond motifs is 1. The van der Waals surface area contributed by atoms with Crippen LogP contribution in [0.4, 0.5) is 0 Å². The third-order valence-corrected chi connectivity index (χ3v) is 2.23. The lowest BCUT2D eigenvalue weighted by molar-refractivity contribution is 0.0528. The molecule has 2 heterocycles. The molecule has 0 aromatic carbocycles. The molecular formula is C9H8BrN3O2. The molecule has 0 aliphatic heterocycles. The molecule has 0 radical (unpaired) electrons. The van der Waals surface area contributed by atoms with E-state index in [1.165, 1.54) is 0 Å². The van der Waals surface area contributed by atoms with E-state index in [4.69, 9.17) is 4.74 Å². The van der Waals surface area contributed by atoms with E-state index in [2.05, 4.69) is 30.9 Å². The van der Waals surface area contributed by atoms with Gasteiger partial charge in [-0.2, -0.15) is 0 Å². The van der Waals surface area contributed by atoms with Gasteiger partial charge in [0.15, 0.2) is 5.65 Å². The first-order valence-electron chi connectivity index (χ1n) is 4.39. The van der Waals surface area contributed by atoms with Crippen LogP contribution in [-0.4, -0.2) is 27.5 Å². The number of H-pyrrole nitrogens is 1. The fourth-order valence-electron chi connectivity index (χ4n) is 1.23. The maximum Gasteiger partial charge on any atom is 0.341 e. The minimum atomic E-state index is -0.392. The van der Waals surface area contributed by atoms with Crippen LogP contribution in [0, 0.1) is 0 Å². The minimum absolute atomic E-state index is 0.340. The number of halogens is 1. The van der Waals surface area contributed by atoms with Crippen LogP contribution in [0.2, 0.25) is 0 Å². The van der Waals surface area contributed by atoms with Gasteiger partial charge >= 0.3 is 5.97 Å². The van der Waals surface area contributed by atoms with Crippen molar-refractivity contribution in [2.24, 2.45) is 0 Å². The van der Waals surface area contributed by atoms with Crippen LogP contribution in [0.5, 0.6) is 0 Å². The van der Waals surface area contributed by atoms with Gasteiger partial charge in [0.05, 0.1) is 12.8 Å². The molecule has 6 heteroatoms. The highest BCUT2D eigenvalue weighted by molar-refractivity contribution is 9.10. The van der Waals surface area contributed by atoms with Gasteiger partial charge in [0.2, 0.25) is 0 Å². The Hall–Kier alpha value is -1.43. The first-order valence-corrected chi connectivity index (χ1v) is 5.18. The van der Waals surface area contributed by atoms with Gasteiger partial charge in [-0.25, -0.2) is 14.8 Å². The average Bonchev–Trinajstić information content (AvgIpc) is 2.60. The van der Waals surface area contributed by atoms with Crippen molar-refractivity contribution in [3.8, 4) is 0 Å². The molecule has 15 heavy (non-hydrogen) atoms. The predicted molar refractivity (Wildman–Crippen MR) is 57.5 cm³/mol. The van der Waals surface area contributed by atoms with Gasteiger partial charge in [0.1, 0.15) is 15.7 Å². The molecule has 0 fully saturated rings. The summed E-state index contributed by atoms with van der Waals surface area (Å²) in [5.74, 6) is -0.392. The average molecular weight is 270 g/mol. The first kappa shape index (κ1) is 10.1. The lowest BCUT2D eigenvalue weighted by Gasteiger charge is -1.98. The van der Waals surface area contributed by atoms with Crippen LogP contribution in [0.15, 0.2) is 17.0 Å². The van der Waals surface area contributed by atoms with Crippen LogP contribution in [0.25, 0.3) is 11.2 Å². The summed E-state index contributed by atoms with van der Waals surface area (Å²) in [5.41, 5.74) is 1.49. The van der Waals surface area contributed by atoms with E-state index in [9.17, 15) is 4.79 Å². The Bertz CT molecular complexity index is 509. The summed E-state index contributed by atoms with van der Waals surface area (Å²) >= 11 is 3.20. The normalized spacial score (nSPS) is 10.5. The van der Waals surface area contributed by atoms with Crippen LogP contribution < -0.4 is 0 Å². The molecule has 0 aliphatic carbocycles. The Morgan fingerprint density at radius 2 is 2.47 bits per heavy atom. The number of hydrogen-bond acceptors (Lipinski definition) is 4. The molecule has 0 atom stereocenters. The number of carbonyl (C=O) groups excluding carboxylic acids is 1. The number of carbonyl (C=O) groups is 1. The molecule has 2 aromatic heterocycles. The fraction of sp³-hybridized carbons (Fsp3) is 0.222. The summed E-state index contributed by atoms with van der Waals surface area (Å²) in [6.07, 6.45) is 3.11. The SMILES string of the molecule is CCOC(=O)c1c[nH]c2ncc(Br)nc12. The molecule has 2 rings (SSSR count). The Kier molecular flexibility index (Phi) is 2.68. The first-order chi connectivity index (χ1) is 7.22. The highest BCUT2D eigenvalue weighted by Crippen LogP contribution is 2.17. The van der Waals surface area contributed by atoms with Gasteiger partial charge in [-0.05, 0) is 22.9 Å². The number of ether oxygens (including phenoxy) is 1. The zero-order chi connectivity index (χ0) is 10.8. The van der Waals surface area contributed by atoms with Gasteiger partial charge < -0.3 is 9.72 Å². The van der Waals surface area contributed by atoms with Crippen LogP contribution in [0.1, 0.15) is 17.3 Å². The Morgan fingerprint density at radius 3 is 3.20 bits per heavy atom. The largest absolute Gasteiger partial charge is 0.462 e. The van der Waals surface area contributed by atoms with Gasteiger partial charge in [0, 0.05) is 6.20 Å². The molecule has 5 nitrogen and oxygen atoms in total. The number of rotatable bonds is 2. The van der Waals surface area contributed by atoms with Crippen molar-refractivity contribution in [2.45, 2.75) is 6.92 Å². The van der Waals surface area contributed by atoms with E-state index in [-0.39, 0.29) is 0 Å². The van der Waals surface area contributed by atoms with E-state index >= 15 is 0 Å². The van der Waals surface area contributed by atoms with Crippen molar-refractivity contribution in [1.82, 2.24) is 15.0 Å². The smallest absolute Gasteiger partial charge is 0.341 e. The van der Waals surface area contributed by atoms with Crippen molar-refractivity contribution in [2.75, 3.05) is 6.61 Å². The van der Waals surface area contributed by atoms with E-state index < -0.39 is 5.97 Å². The second kappa shape index (κ2) is 3.98. The summed E-state index contributed by atoms with van der Waals surface area (Å²) in [5, 5.41) is 0. The maximum absolute atomic E-state index is 11.5. The molecule has 1 N–H and O–H groups in total. The molecule has 0 unspecified atom stereocenters. The van der Waals surface area contributed by atoms with E-state index in [0.29, 0.717) is 27.9 Å². The second-order valence-corrected chi connectivity index (χ2v) is 3.63. The van der Waals surface area contributed by atoms with E-state index in [1.807, 2.05) is 0 Å². The van der Waals surface area contributed by atoms with Crippen molar-refractivity contribution in [1.29, 1.82) is 0 Å².